The number of benzene rings is 1. The molecule has 1 amide bonds. The normalized spacial score (nSPS) is 18.7. The van der Waals surface area contributed by atoms with Gasteiger partial charge in [0.2, 0.25) is 5.91 Å². The number of furan rings is 1. The quantitative estimate of drug-likeness (QED) is 0.740. The number of amides is 1. The van der Waals surface area contributed by atoms with Gasteiger partial charge in [0.15, 0.2) is 0 Å². The van der Waals surface area contributed by atoms with Crippen LogP contribution in [-0.2, 0) is 17.9 Å². The van der Waals surface area contributed by atoms with Crippen molar-refractivity contribution in [2.45, 2.75) is 39.3 Å². The van der Waals surface area contributed by atoms with Crippen LogP contribution in [0.3, 0.4) is 0 Å². The molecule has 1 fully saturated rings. The van der Waals surface area contributed by atoms with Crippen LogP contribution in [0.25, 0.3) is 0 Å². The first-order valence-corrected chi connectivity index (χ1v) is 9.00. The van der Waals surface area contributed by atoms with Crippen LogP contribution in [0.15, 0.2) is 53.1 Å². The number of hydrogen-bond acceptors (Lipinski definition) is 3. The zero-order valence-corrected chi connectivity index (χ0v) is 15.1. The minimum atomic E-state index is 0.0408. The van der Waals surface area contributed by atoms with E-state index in [1.54, 1.807) is 6.26 Å². The molecule has 1 saturated carbocycles. The summed E-state index contributed by atoms with van der Waals surface area (Å²) in [6.45, 7) is 5.36. The van der Waals surface area contributed by atoms with Gasteiger partial charge in [0.1, 0.15) is 5.76 Å². The largest absolute Gasteiger partial charge is 0.469 e. The molecule has 0 radical (unpaired) electrons. The van der Waals surface area contributed by atoms with Gasteiger partial charge in [0, 0.05) is 24.1 Å². The van der Waals surface area contributed by atoms with Gasteiger partial charge in [-0.3, -0.25) is 9.48 Å². The summed E-state index contributed by atoms with van der Waals surface area (Å²) in [6, 6.07) is 14.2. The van der Waals surface area contributed by atoms with Crippen molar-refractivity contribution in [3.05, 3.63) is 77.0 Å². The average molecular weight is 349 g/mol. The van der Waals surface area contributed by atoms with Crippen molar-refractivity contribution in [1.82, 2.24) is 15.1 Å². The number of carbonyl (C=O) groups is 1. The zero-order valence-electron chi connectivity index (χ0n) is 15.1. The number of nitrogens with zero attached hydrogens (tertiary/aromatic N) is 2. The van der Waals surface area contributed by atoms with E-state index >= 15 is 0 Å². The SMILES string of the molecule is Cc1cc(C)n(Cc2cccc(CNC(=O)C3CC3c3ccco3)c2)n1. The average Bonchev–Trinajstić information content (AvgIpc) is 3.10. The standard InChI is InChI=1S/C21H23N3O2/c1-14-9-15(2)24(23-14)13-17-6-3-5-16(10-17)12-22-21(25)19-11-18(19)20-7-4-8-26-20/h3-10,18-19H,11-13H2,1-2H3,(H,22,25). The molecule has 4 rings (SSSR count). The summed E-state index contributed by atoms with van der Waals surface area (Å²) >= 11 is 0. The first kappa shape index (κ1) is 16.6. The molecule has 2 heterocycles. The smallest absolute Gasteiger partial charge is 0.224 e. The van der Waals surface area contributed by atoms with Crippen molar-refractivity contribution >= 4 is 5.91 Å². The monoisotopic (exact) mass is 349 g/mol. The number of aromatic nitrogens is 2. The van der Waals surface area contributed by atoms with Gasteiger partial charge in [-0.1, -0.05) is 24.3 Å². The van der Waals surface area contributed by atoms with E-state index in [2.05, 4.69) is 35.5 Å². The third-order valence-electron chi connectivity index (χ3n) is 4.93. The van der Waals surface area contributed by atoms with Crippen molar-refractivity contribution in [3.8, 4) is 0 Å². The van der Waals surface area contributed by atoms with Crippen LogP contribution >= 0.6 is 0 Å². The van der Waals surface area contributed by atoms with Gasteiger partial charge in [0.25, 0.3) is 0 Å². The van der Waals surface area contributed by atoms with E-state index in [-0.39, 0.29) is 17.7 Å². The van der Waals surface area contributed by atoms with Crippen molar-refractivity contribution in [3.63, 3.8) is 0 Å². The Balaban J connectivity index is 1.34. The highest BCUT2D eigenvalue weighted by Gasteiger charge is 2.45. The van der Waals surface area contributed by atoms with Crippen molar-refractivity contribution in [2.24, 2.45) is 5.92 Å². The summed E-state index contributed by atoms with van der Waals surface area (Å²) in [5.74, 6) is 1.30. The van der Waals surface area contributed by atoms with E-state index in [4.69, 9.17) is 4.42 Å². The molecule has 5 heteroatoms. The molecule has 134 valence electrons. The molecule has 3 aromatic rings. The lowest BCUT2D eigenvalue weighted by atomic mass is 10.1. The number of aryl methyl sites for hydroxylation is 2. The van der Waals surface area contributed by atoms with E-state index in [1.807, 2.05) is 35.9 Å². The Morgan fingerprint density at radius 3 is 2.81 bits per heavy atom. The van der Waals surface area contributed by atoms with E-state index in [9.17, 15) is 4.79 Å². The molecule has 0 aliphatic heterocycles. The second-order valence-corrected chi connectivity index (χ2v) is 7.09. The third kappa shape index (κ3) is 3.57. The Labute approximate surface area is 153 Å². The van der Waals surface area contributed by atoms with Crippen LogP contribution in [0.2, 0.25) is 0 Å². The number of hydrogen-bond donors (Lipinski definition) is 1. The molecule has 1 aromatic carbocycles. The molecule has 2 aromatic heterocycles. The van der Waals surface area contributed by atoms with Gasteiger partial charge in [-0.05, 0) is 49.6 Å². The molecule has 0 bridgehead atoms. The highest BCUT2D eigenvalue weighted by molar-refractivity contribution is 5.82. The summed E-state index contributed by atoms with van der Waals surface area (Å²) in [4.78, 5) is 12.3. The molecule has 5 nitrogen and oxygen atoms in total. The summed E-state index contributed by atoms with van der Waals surface area (Å²) in [5, 5.41) is 7.57. The molecule has 0 saturated heterocycles. The fraction of sp³-hybridized carbons (Fsp3) is 0.333. The summed E-state index contributed by atoms with van der Waals surface area (Å²) in [6.07, 6.45) is 2.54. The van der Waals surface area contributed by atoms with E-state index in [0.717, 1.165) is 35.7 Å². The fourth-order valence-corrected chi connectivity index (χ4v) is 3.47. The minimum absolute atomic E-state index is 0.0408. The fourth-order valence-electron chi connectivity index (χ4n) is 3.47. The second kappa shape index (κ2) is 6.83. The summed E-state index contributed by atoms with van der Waals surface area (Å²) in [5.41, 5.74) is 4.47. The van der Waals surface area contributed by atoms with E-state index in [0.29, 0.717) is 6.54 Å². The minimum Gasteiger partial charge on any atom is -0.469 e. The maximum absolute atomic E-state index is 12.3. The van der Waals surface area contributed by atoms with Gasteiger partial charge in [-0.2, -0.15) is 5.10 Å². The highest BCUT2D eigenvalue weighted by atomic mass is 16.3. The highest BCUT2D eigenvalue weighted by Crippen LogP contribution is 2.47. The molecule has 1 N–H and O–H groups in total. The number of nitrogens with one attached hydrogen (secondary N) is 1. The maximum Gasteiger partial charge on any atom is 0.224 e. The molecule has 26 heavy (non-hydrogen) atoms. The maximum atomic E-state index is 12.3. The Kier molecular flexibility index (Phi) is 4.37. The van der Waals surface area contributed by atoms with Crippen molar-refractivity contribution in [1.29, 1.82) is 0 Å². The molecule has 0 spiro atoms. The van der Waals surface area contributed by atoms with Crippen LogP contribution in [0.4, 0.5) is 0 Å². The summed E-state index contributed by atoms with van der Waals surface area (Å²) in [7, 11) is 0. The van der Waals surface area contributed by atoms with Gasteiger partial charge < -0.3 is 9.73 Å². The van der Waals surface area contributed by atoms with Gasteiger partial charge in [-0.15, -0.1) is 0 Å². The van der Waals surface area contributed by atoms with Crippen molar-refractivity contribution < 1.29 is 9.21 Å². The molecular formula is C21H23N3O2. The lowest BCUT2D eigenvalue weighted by Gasteiger charge is -2.09. The van der Waals surface area contributed by atoms with E-state index < -0.39 is 0 Å². The van der Waals surface area contributed by atoms with Crippen LogP contribution in [-0.4, -0.2) is 15.7 Å². The molecular weight excluding hydrogens is 326 g/mol. The Hall–Kier alpha value is -2.82. The molecule has 1 aliphatic carbocycles. The Morgan fingerprint density at radius 2 is 2.08 bits per heavy atom. The zero-order chi connectivity index (χ0) is 18.1. The predicted octanol–water partition coefficient (Wildman–Crippen LogP) is 3.56. The second-order valence-electron chi connectivity index (χ2n) is 7.09. The Morgan fingerprint density at radius 1 is 1.23 bits per heavy atom. The lowest BCUT2D eigenvalue weighted by Crippen LogP contribution is -2.24. The number of carbonyl (C=O) groups excluding carboxylic acids is 1. The van der Waals surface area contributed by atoms with E-state index in [1.165, 1.54) is 5.56 Å². The summed E-state index contributed by atoms with van der Waals surface area (Å²) < 4.78 is 7.40. The lowest BCUT2D eigenvalue weighted by molar-refractivity contribution is -0.122. The topological polar surface area (TPSA) is 60.1 Å². The van der Waals surface area contributed by atoms with Crippen LogP contribution in [0, 0.1) is 19.8 Å². The predicted molar refractivity (Wildman–Crippen MR) is 98.6 cm³/mol. The molecule has 1 aliphatic rings. The van der Waals surface area contributed by atoms with Crippen LogP contribution < -0.4 is 5.32 Å². The molecule has 2 unspecified atom stereocenters. The van der Waals surface area contributed by atoms with Crippen LogP contribution in [0.1, 0.15) is 40.6 Å². The Bertz CT molecular complexity index is 911. The van der Waals surface area contributed by atoms with Crippen LogP contribution in [0.5, 0.6) is 0 Å². The first-order chi connectivity index (χ1) is 12.6. The van der Waals surface area contributed by atoms with Gasteiger partial charge in [-0.25, -0.2) is 0 Å². The van der Waals surface area contributed by atoms with Gasteiger partial charge >= 0.3 is 0 Å². The third-order valence-corrected chi connectivity index (χ3v) is 4.93. The van der Waals surface area contributed by atoms with Crippen molar-refractivity contribution in [2.75, 3.05) is 0 Å². The first-order valence-electron chi connectivity index (χ1n) is 9.00. The van der Waals surface area contributed by atoms with Gasteiger partial charge in [0.05, 0.1) is 18.5 Å². The number of rotatable bonds is 6. The molecule has 2 atom stereocenters.